The zero-order chi connectivity index (χ0) is 18.6. The van der Waals surface area contributed by atoms with Crippen LogP contribution in [0.2, 0.25) is 0 Å². The van der Waals surface area contributed by atoms with Gasteiger partial charge >= 0.3 is 5.97 Å². The number of hydrogen-bond acceptors (Lipinski definition) is 6. The van der Waals surface area contributed by atoms with Gasteiger partial charge in [-0.3, -0.25) is 14.9 Å². The number of Topliss-reactive ketones (excluding diaryl/α,β-unsaturated/α-hetero) is 1. The van der Waals surface area contributed by atoms with E-state index in [2.05, 4.69) is 0 Å². The second-order valence-corrected chi connectivity index (χ2v) is 5.33. The van der Waals surface area contributed by atoms with Crippen LogP contribution in [0.1, 0.15) is 20.7 Å². The molecule has 0 aliphatic rings. The van der Waals surface area contributed by atoms with Gasteiger partial charge in [0.15, 0.2) is 6.61 Å². The molecule has 8 heteroatoms. The Labute approximate surface area is 142 Å². The summed E-state index contributed by atoms with van der Waals surface area (Å²) >= 11 is 0. The van der Waals surface area contributed by atoms with Crippen molar-refractivity contribution < 1.29 is 23.6 Å². The molecule has 0 spiro atoms. The molecular formula is C17H15FN2O5. The second kappa shape index (κ2) is 7.52. The van der Waals surface area contributed by atoms with Crippen LogP contribution < -0.4 is 4.90 Å². The van der Waals surface area contributed by atoms with Crippen LogP contribution in [0.3, 0.4) is 0 Å². The standard InChI is InChI=1S/C17H15FN2O5/c1-19(2)14-8-7-11(9-15(14)20(23)24)17(22)25-10-16(21)12-5-3-4-6-13(12)18/h3-9H,10H2,1-2H3. The van der Waals surface area contributed by atoms with E-state index in [0.717, 1.165) is 12.1 Å². The van der Waals surface area contributed by atoms with E-state index >= 15 is 0 Å². The Hall–Kier alpha value is -3.29. The third-order valence-electron chi connectivity index (χ3n) is 3.40. The van der Waals surface area contributed by atoms with Gasteiger partial charge < -0.3 is 9.64 Å². The van der Waals surface area contributed by atoms with Crippen LogP contribution in [0.25, 0.3) is 0 Å². The van der Waals surface area contributed by atoms with Crippen molar-refractivity contribution in [3.05, 3.63) is 69.5 Å². The fourth-order valence-corrected chi connectivity index (χ4v) is 2.15. The molecule has 0 saturated heterocycles. The van der Waals surface area contributed by atoms with Crippen LogP contribution in [-0.2, 0) is 4.74 Å². The molecule has 2 rings (SSSR count). The van der Waals surface area contributed by atoms with Gasteiger partial charge in [0.2, 0.25) is 5.78 Å². The average molecular weight is 346 g/mol. The summed E-state index contributed by atoms with van der Waals surface area (Å²) in [6, 6.07) is 9.17. The zero-order valence-corrected chi connectivity index (χ0v) is 13.6. The van der Waals surface area contributed by atoms with Gasteiger partial charge in [-0.15, -0.1) is 0 Å². The van der Waals surface area contributed by atoms with Crippen LogP contribution in [0.4, 0.5) is 15.8 Å². The van der Waals surface area contributed by atoms with Gasteiger partial charge in [-0.1, -0.05) is 12.1 Å². The lowest BCUT2D eigenvalue weighted by atomic mass is 10.1. The minimum absolute atomic E-state index is 0.0707. The Balaban J connectivity index is 2.13. The number of hydrogen-bond donors (Lipinski definition) is 0. The van der Waals surface area contributed by atoms with Gasteiger partial charge in [-0.25, -0.2) is 9.18 Å². The molecule has 7 nitrogen and oxygen atoms in total. The van der Waals surface area contributed by atoms with E-state index in [1.54, 1.807) is 14.1 Å². The molecule has 0 saturated carbocycles. The molecule has 0 amide bonds. The van der Waals surface area contributed by atoms with E-state index in [1.807, 2.05) is 0 Å². The Morgan fingerprint density at radius 2 is 1.88 bits per heavy atom. The molecule has 0 bridgehead atoms. The van der Waals surface area contributed by atoms with Crippen molar-refractivity contribution in [2.75, 3.05) is 25.6 Å². The lowest BCUT2D eigenvalue weighted by molar-refractivity contribution is -0.384. The third kappa shape index (κ3) is 4.17. The molecule has 0 radical (unpaired) electrons. The number of rotatable bonds is 6. The maximum atomic E-state index is 13.5. The normalized spacial score (nSPS) is 10.2. The number of ether oxygens (including phenoxy) is 1. The van der Waals surface area contributed by atoms with Crippen molar-refractivity contribution in [2.24, 2.45) is 0 Å². The number of anilines is 1. The molecule has 2 aromatic rings. The van der Waals surface area contributed by atoms with Gasteiger partial charge in [0, 0.05) is 20.2 Å². The van der Waals surface area contributed by atoms with E-state index in [1.165, 1.54) is 35.2 Å². The van der Waals surface area contributed by atoms with Gasteiger partial charge in [-0.2, -0.15) is 0 Å². The number of halogens is 1. The number of carbonyl (C=O) groups is 2. The number of benzene rings is 2. The Morgan fingerprint density at radius 1 is 1.20 bits per heavy atom. The molecule has 2 aromatic carbocycles. The summed E-state index contributed by atoms with van der Waals surface area (Å²) in [5.74, 6) is -2.32. The van der Waals surface area contributed by atoms with E-state index in [4.69, 9.17) is 4.74 Å². The molecule has 0 heterocycles. The molecule has 0 fully saturated rings. The largest absolute Gasteiger partial charge is 0.454 e. The highest BCUT2D eigenvalue weighted by molar-refractivity contribution is 5.99. The van der Waals surface area contributed by atoms with Gasteiger partial charge in [-0.05, 0) is 24.3 Å². The highest BCUT2D eigenvalue weighted by atomic mass is 19.1. The summed E-state index contributed by atoms with van der Waals surface area (Å²) in [7, 11) is 3.26. The van der Waals surface area contributed by atoms with Crippen LogP contribution >= 0.6 is 0 Å². The fourth-order valence-electron chi connectivity index (χ4n) is 2.15. The van der Waals surface area contributed by atoms with Crippen molar-refractivity contribution in [1.82, 2.24) is 0 Å². The van der Waals surface area contributed by atoms with Crippen LogP contribution in [0.5, 0.6) is 0 Å². The number of esters is 1. The monoisotopic (exact) mass is 346 g/mol. The predicted octanol–water partition coefficient (Wildman–Crippen LogP) is 2.84. The summed E-state index contributed by atoms with van der Waals surface area (Å²) in [4.78, 5) is 35.9. The number of ketones is 1. The van der Waals surface area contributed by atoms with Crippen molar-refractivity contribution in [1.29, 1.82) is 0 Å². The lowest BCUT2D eigenvalue weighted by Crippen LogP contribution is -2.16. The molecule has 0 N–H and O–H groups in total. The Bertz CT molecular complexity index is 836. The summed E-state index contributed by atoms with van der Waals surface area (Å²) in [6.07, 6.45) is 0. The van der Waals surface area contributed by atoms with Gasteiger partial charge in [0.1, 0.15) is 11.5 Å². The minimum atomic E-state index is -0.905. The summed E-state index contributed by atoms with van der Waals surface area (Å²) < 4.78 is 18.4. The lowest BCUT2D eigenvalue weighted by Gasteiger charge is -2.13. The van der Waals surface area contributed by atoms with E-state index < -0.39 is 29.1 Å². The molecule has 25 heavy (non-hydrogen) atoms. The van der Waals surface area contributed by atoms with Gasteiger partial charge in [0.05, 0.1) is 16.1 Å². The molecule has 0 aliphatic carbocycles. The number of nitrogens with zero attached hydrogens (tertiary/aromatic N) is 2. The van der Waals surface area contributed by atoms with Crippen molar-refractivity contribution in [3.63, 3.8) is 0 Å². The smallest absolute Gasteiger partial charge is 0.338 e. The van der Waals surface area contributed by atoms with Crippen molar-refractivity contribution in [2.45, 2.75) is 0 Å². The van der Waals surface area contributed by atoms with E-state index in [-0.39, 0.29) is 16.8 Å². The first-order chi connectivity index (χ1) is 11.8. The predicted molar refractivity (Wildman–Crippen MR) is 88.4 cm³/mol. The van der Waals surface area contributed by atoms with E-state index in [0.29, 0.717) is 5.69 Å². The average Bonchev–Trinajstić information content (AvgIpc) is 2.59. The first kappa shape index (κ1) is 18.1. The zero-order valence-electron chi connectivity index (χ0n) is 13.6. The fraction of sp³-hybridized carbons (Fsp3) is 0.176. The maximum absolute atomic E-state index is 13.5. The van der Waals surface area contributed by atoms with Gasteiger partial charge in [0.25, 0.3) is 5.69 Å². The van der Waals surface area contributed by atoms with E-state index in [9.17, 15) is 24.1 Å². The second-order valence-electron chi connectivity index (χ2n) is 5.33. The quantitative estimate of drug-likeness (QED) is 0.346. The third-order valence-corrected chi connectivity index (χ3v) is 3.40. The molecule has 0 aliphatic heterocycles. The van der Waals surface area contributed by atoms with Crippen LogP contribution in [-0.4, -0.2) is 37.4 Å². The van der Waals surface area contributed by atoms with Crippen molar-refractivity contribution >= 4 is 23.1 Å². The van der Waals surface area contributed by atoms with Crippen LogP contribution in [0, 0.1) is 15.9 Å². The number of carbonyl (C=O) groups excluding carboxylic acids is 2. The SMILES string of the molecule is CN(C)c1ccc(C(=O)OCC(=O)c2ccccc2F)cc1[N+](=O)[O-]. The Morgan fingerprint density at radius 3 is 2.48 bits per heavy atom. The highest BCUT2D eigenvalue weighted by Gasteiger charge is 2.20. The topological polar surface area (TPSA) is 89.8 Å². The minimum Gasteiger partial charge on any atom is -0.454 e. The first-order valence-corrected chi connectivity index (χ1v) is 7.22. The van der Waals surface area contributed by atoms with Crippen LogP contribution in [0.15, 0.2) is 42.5 Å². The molecule has 0 atom stereocenters. The summed E-state index contributed by atoms with van der Waals surface area (Å²) in [6.45, 7) is -0.664. The number of nitro benzene ring substituents is 1. The first-order valence-electron chi connectivity index (χ1n) is 7.22. The highest BCUT2D eigenvalue weighted by Crippen LogP contribution is 2.28. The van der Waals surface area contributed by atoms with Crippen molar-refractivity contribution in [3.8, 4) is 0 Å². The summed E-state index contributed by atoms with van der Waals surface area (Å²) in [5, 5.41) is 11.1. The Kier molecular flexibility index (Phi) is 5.43. The molecule has 130 valence electrons. The maximum Gasteiger partial charge on any atom is 0.338 e. The molecular weight excluding hydrogens is 331 g/mol. The molecule has 0 aromatic heterocycles. The summed E-state index contributed by atoms with van der Waals surface area (Å²) in [5.41, 5.74) is -0.202. The molecule has 0 unspecified atom stereocenters. The number of nitro groups is 1.